The second kappa shape index (κ2) is 7.66. The van der Waals surface area contributed by atoms with Crippen molar-refractivity contribution in [2.75, 3.05) is 6.61 Å². The smallest absolute Gasteiger partial charge is 0.217 e. The number of aliphatic hydroxyl groups excluding tert-OH is 3. The van der Waals surface area contributed by atoms with Crippen LogP contribution >= 0.6 is 0 Å². The number of hydrogen-bond acceptors (Lipinski definition) is 6. The Morgan fingerprint density at radius 3 is 2.55 bits per heavy atom. The number of ether oxygens (including phenoxy) is 2. The highest BCUT2D eigenvalue weighted by Crippen LogP contribution is 2.23. The van der Waals surface area contributed by atoms with E-state index in [-0.39, 0.29) is 12.5 Å². The van der Waals surface area contributed by atoms with E-state index in [1.54, 1.807) is 0 Å². The monoisotopic (exact) mass is 311 g/mol. The largest absolute Gasteiger partial charge is 0.394 e. The van der Waals surface area contributed by atoms with E-state index in [1.807, 2.05) is 30.3 Å². The van der Waals surface area contributed by atoms with Crippen molar-refractivity contribution in [2.24, 2.45) is 0 Å². The van der Waals surface area contributed by atoms with Crippen LogP contribution in [0.25, 0.3) is 0 Å². The maximum Gasteiger partial charge on any atom is 0.217 e. The molecule has 0 radical (unpaired) electrons. The molecule has 0 saturated carbocycles. The highest BCUT2D eigenvalue weighted by atomic mass is 16.7. The zero-order valence-corrected chi connectivity index (χ0v) is 12.3. The molecule has 1 aliphatic rings. The van der Waals surface area contributed by atoms with Crippen molar-refractivity contribution in [1.82, 2.24) is 5.32 Å². The van der Waals surface area contributed by atoms with Crippen LogP contribution in [-0.2, 0) is 20.9 Å². The van der Waals surface area contributed by atoms with E-state index in [9.17, 15) is 20.1 Å². The van der Waals surface area contributed by atoms with Gasteiger partial charge in [-0.3, -0.25) is 4.79 Å². The molecule has 1 amide bonds. The molecule has 1 aliphatic heterocycles. The van der Waals surface area contributed by atoms with Gasteiger partial charge >= 0.3 is 0 Å². The summed E-state index contributed by atoms with van der Waals surface area (Å²) < 4.78 is 11.1. The zero-order valence-electron chi connectivity index (χ0n) is 12.3. The lowest BCUT2D eigenvalue weighted by molar-refractivity contribution is -0.273. The molecule has 0 aliphatic carbocycles. The van der Waals surface area contributed by atoms with Crippen LogP contribution in [0, 0.1) is 0 Å². The average Bonchev–Trinajstić information content (AvgIpc) is 2.52. The van der Waals surface area contributed by atoms with Crippen molar-refractivity contribution in [1.29, 1.82) is 0 Å². The van der Waals surface area contributed by atoms with Gasteiger partial charge in [-0.15, -0.1) is 0 Å². The third kappa shape index (κ3) is 4.02. The van der Waals surface area contributed by atoms with Crippen LogP contribution in [0.2, 0.25) is 0 Å². The summed E-state index contributed by atoms with van der Waals surface area (Å²) in [5, 5.41) is 31.7. The molecular weight excluding hydrogens is 290 g/mol. The van der Waals surface area contributed by atoms with E-state index in [2.05, 4.69) is 5.32 Å². The summed E-state index contributed by atoms with van der Waals surface area (Å²) >= 11 is 0. The number of aliphatic hydroxyl groups is 3. The molecule has 0 bridgehead atoms. The molecule has 5 atom stereocenters. The van der Waals surface area contributed by atoms with Gasteiger partial charge in [0, 0.05) is 6.92 Å². The minimum atomic E-state index is -1.31. The van der Waals surface area contributed by atoms with Gasteiger partial charge < -0.3 is 30.1 Å². The van der Waals surface area contributed by atoms with Crippen molar-refractivity contribution in [3.8, 4) is 0 Å². The predicted molar refractivity (Wildman–Crippen MR) is 76.6 cm³/mol. The number of benzene rings is 1. The molecule has 1 aromatic carbocycles. The van der Waals surface area contributed by atoms with E-state index >= 15 is 0 Å². The first kappa shape index (κ1) is 16.9. The molecule has 7 heteroatoms. The second-order valence-corrected chi connectivity index (χ2v) is 5.23. The first-order chi connectivity index (χ1) is 10.5. The highest BCUT2D eigenvalue weighted by Gasteiger charge is 2.45. The molecule has 122 valence electrons. The van der Waals surface area contributed by atoms with E-state index < -0.39 is 37.3 Å². The molecule has 1 heterocycles. The van der Waals surface area contributed by atoms with E-state index in [1.165, 1.54) is 6.92 Å². The summed E-state index contributed by atoms with van der Waals surface area (Å²) in [6.45, 7) is 1.05. The summed E-state index contributed by atoms with van der Waals surface area (Å²) in [6.07, 6.45) is -4.55. The minimum Gasteiger partial charge on any atom is -0.394 e. The van der Waals surface area contributed by atoms with Crippen LogP contribution in [0.1, 0.15) is 12.5 Å². The first-order valence-electron chi connectivity index (χ1n) is 7.08. The number of rotatable bonds is 5. The van der Waals surface area contributed by atoms with Gasteiger partial charge in [-0.2, -0.15) is 0 Å². The molecular formula is C15H21NO6. The fraction of sp³-hybridized carbons (Fsp3) is 0.533. The number of carbonyl (C=O) groups excluding carboxylic acids is 1. The van der Waals surface area contributed by atoms with Gasteiger partial charge in [-0.25, -0.2) is 0 Å². The van der Waals surface area contributed by atoms with Crippen LogP contribution in [-0.4, -0.2) is 58.5 Å². The molecule has 22 heavy (non-hydrogen) atoms. The molecule has 1 fully saturated rings. The highest BCUT2D eigenvalue weighted by molar-refractivity contribution is 5.73. The Morgan fingerprint density at radius 2 is 1.95 bits per heavy atom. The molecule has 1 saturated heterocycles. The number of hydrogen-bond donors (Lipinski definition) is 4. The third-order valence-corrected chi connectivity index (χ3v) is 3.51. The summed E-state index contributed by atoms with van der Waals surface area (Å²) in [5.74, 6) is -0.379. The van der Waals surface area contributed by atoms with Gasteiger partial charge in [0.05, 0.1) is 13.2 Å². The van der Waals surface area contributed by atoms with Crippen molar-refractivity contribution in [2.45, 2.75) is 44.2 Å². The Bertz CT molecular complexity index is 482. The Balaban J connectivity index is 2.07. The minimum absolute atomic E-state index is 0.211. The number of amides is 1. The normalized spacial score (nSPS) is 31.7. The maximum absolute atomic E-state index is 11.3. The SMILES string of the molecule is CC(=O)N[C@@H]1[C@@H](OCc2ccccc2)O[C@@H](CO)[C@@H](O)[C@@H]1O. The molecule has 0 spiro atoms. The van der Waals surface area contributed by atoms with Crippen LogP contribution < -0.4 is 5.32 Å². The van der Waals surface area contributed by atoms with Crippen LogP contribution in [0.5, 0.6) is 0 Å². The van der Waals surface area contributed by atoms with Crippen molar-refractivity contribution >= 4 is 5.91 Å². The zero-order chi connectivity index (χ0) is 16.1. The number of carbonyl (C=O) groups is 1. The Kier molecular flexibility index (Phi) is 5.87. The van der Waals surface area contributed by atoms with E-state index in [0.29, 0.717) is 0 Å². The van der Waals surface area contributed by atoms with Crippen LogP contribution in [0.3, 0.4) is 0 Å². The van der Waals surface area contributed by atoms with E-state index in [4.69, 9.17) is 9.47 Å². The van der Waals surface area contributed by atoms with Crippen molar-refractivity contribution in [3.05, 3.63) is 35.9 Å². The molecule has 0 unspecified atom stereocenters. The summed E-state index contributed by atoms with van der Waals surface area (Å²) in [5.41, 5.74) is 0.897. The molecule has 4 N–H and O–H groups in total. The van der Waals surface area contributed by atoms with E-state index in [0.717, 1.165) is 5.56 Å². The fourth-order valence-corrected chi connectivity index (χ4v) is 2.37. The van der Waals surface area contributed by atoms with Crippen LogP contribution in [0.4, 0.5) is 0 Å². The predicted octanol–water partition coefficient (Wildman–Crippen LogP) is -0.853. The van der Waals surface area contributed by atoms with Gasteiger partial charge in [-0.05, 0) is 5.56 Å². The lowest BCUT2D eigenvalue weighted by atomic mass is 9.97. The Hall–Kier alpha value is -1.51. The Morgan fingerprint density at radius 1 is 1.27 bits per heavy atom. The molecule has 2 rings (SSSR count). The topological polar surface area (TPSA) is 108 Å². The van der Waals surface area contributed by atoms with Gasteiger partial charge in [0.1, 0.15) is 24.4 Å². The number of nitrogens with one attached hydrogen (secondary N) is 1. The Labute approximate surface area is 128 Å². The molecule has 1 aromatic rings. The van der Waals surface area contributed by atoms with Crippen molar-refractivity contribution < 1.29 is 29.6 Å². The average molecular weight is 311 g/mol. The summed E-state index contributed by atoms with van der Waals surface area (Å²) in [4.78, 5) is 11.3. The quantitative estimate of drug-likeness (QED) is 0.564. The van der Waals surface area contributed by atoms with Crippen molar-refractivity contribution in [3.63, 3.8) is 0 Å². The lowest BCUT2D eigenvalue weighted by Crippen LogP contribution is -2.64. The van der Waals surface area contributed by atoms with Crippen LogP contribution in [0.15, 0.2) is 30.3 Å². The standard InChI is InChI=1S/C15H21NO6/c1-9(18)16-12-14(20)13(19)11(7-17)22-15(12)21-8-10-5-3-2-4-6-10/h2-6,11-15,17,19-20H,7-8H2,1H3,(H,16,18)/t11-,12-,13+,14+,15-/m0/s1. The summed E-state index contributed by atoms with van der Waals surface area (Å²) in [6, 6.07) is 8.42. The van der Waals surface area contributed by atoms with Gasteiger partial charge in [0.15, 0.2) is 6.29 Å². The second-order valence-electron chi connectivity index (χ2n) is 5.23. The van der Waals surface area contributed by atoms with Gasteiger partial charge in [-0.1, -0.05) is 30.3 Å². The van der Waals surface area contributed by atoms with Gasteiger partial charge in [0.25, 0.3) is 0 Å². The maximum atomic E-state index is 11.3. The third-order valence-electron chi connectivity index (χ3n) is 3.51. The molecule has 7 nitrogen and oxygen atoms in total. The summed E-state index contributed by atoms with van der Waals surface area (Å²) in [7, 11) is 0. The first-order valence-corrected chi connectivity index (χ1v) is 7.08. The molecule has 0 aromatic heterocycles. The fourth-order valence-electron chi connectivity index (χ4n) is 2.37. The lowest BCUT2D eigenvalue weighted by Gasteiger charge is -2.42. The van der Waals surface area contributed by atoms with Gasteiger partial charge in [0.2, 0.25) is 5.91 Å².